The van der Waals surface area contributed by atoms with Gasteiger partial charge in [0.05, 0.1) is 5.75 Å². The highest BCUT2D eigenvalue weighted by molar-refractivity contribution is 8.14. The van der Waals surface area contributed by atoms with Crippen LogP contribution in [0.3, 0.4) is 0 Å². The van der Waals surface area contributed by atoms with Gasteiger partial charge in [0, 0.05) is 19.1 Å². The van der Waals surface area contributed by atoms with Crippen LogP contribution in [0.5, 0.6) is 0 Å². The van der Waals surface area contributed by atoms with Crippen LogP contribution in [0, 0.1) is 0 Å². The van der Waals surface area contributed by atoms with Crippen LogP contribution < -0.4 is 5.32 Å². The molecular weight excluding hydrogens is 188 g/mol. The summed E-state index contributed by atoms with van der Waals surface area (Å²) in [5.41, 5.74) is 0. The van der Waals surface area contributed by atoms with Crippen LogP contribution in [0.4, 0.5) is 4.79 Å². The normalized spacial score (nSPS) is 22.9. The fourth-order valence-electron chi connectivity index (χ4n) is 1.27. The molecule has 0 aromatic rings. The molecule has 2 fully saturated rings. The summed E-state index contributed by atoms with van der Waals surface area (Å²) in [6.45, 7) is 1.27. The molecule has 1 heterocycles. The van der Waals surface area contributed by atoms with Gasteiger partial charge in [0.2, 0.25) is 5.91 Å². The van der Waals surface area contributed by atoms with Crippen molar-refractivity contribution in [3.63, 3.8) is 0 Å². The Labute approximate surface area is 81.0 Å². The monoisotopic (exact) mass is 200 g/mol. The third-order valence-corrected chi connectivity index (χ3v) is 3.04. The maximum atomic E-state index is 11.1. The molecule has 2 amide bonds. The summed E-state index contributed by atoms with van der Waals surface area (Å²) in [7, 11) is 0. The molecule has 1 saturated heterocycles. The van der Waals surface area contributed by atoms with Crippen LogP contribution in [-0.4, -0.2) is 40.9 Å². The van der Waals surface area contributed by atoms with E-state index in [1.165, 1.54) is 17.7 Å². The lowest BCUT2D eigenvalue weighted by Gasteiger charge is -2.12. The van der Waals surface area contributed by atoms with Gasteiger partial charge in [0.25, 0.3) is 5.24 Å². The van der Waals surface area contributed by atoms with Crippen molar-refractivity contribution >= 4 is 22.9 Å². The van der Waals surface area contributed by atoms with Gasteiger partial charge in [-0.2, -0.15) is 0 Å². The molecular formula is C8H12N2O2S. The summed E-state index contributed by atoms with van der Waals surface area (Å²) >= 11 is 1.10. The lowest BCUT2D eigenvalue weighted by Crippen LogP contribution is -2.36. The maximum Gasteiger partial charge on any atom is 0.288 e. The average molecular weight is 200 g/mol. The molecule has 5 heteroatoms. The first-order valence-corrected chi connectivity index (χ1v) is 5.46. The van der Waals surface area contributed by atoms with Gasteiger partial charge in [-0.15, -0.1) is 0 Å². The highest BCUT2D eigenvalue weighted by Crippen LogP contribution is 2.20. The van der Waals surface area contributed by atoms with E-state index in [1.54, 1.807) is 0 Å². The van der Waals surface area contributed by atoms with Crippen molar-refractivity contribution in [1.82, 2.24) is 10.2 Å². The molecule has 0 bridgehead atoms. The van der Waals surface area contributed by atoms with Gasteiger partial charge in [0.15, 0.2) is 0 Å². The third-order valence-electron chi connectivity index (χ3n) is 2.19. The van der Waals surface area contributed by atoms with Gasteiger partial charge in [-0.3, -0.25) is 14.5 Å². The van der Waals surface area contributed by atoms with Crippen molar-refractivity contribution in [2.75, 3.05) is 18.8 Å². The number of nitrogens with one attached hydrogen (secondary N) is 1. The van der Waals surface area contributed by atoms with E-state index in [1.807, 2.05) is 0 Å². The molecule has 2 aliphatic rings. The number of rotatable bonds is 4. The van der Waals surface area contributed by atoms with Gasteiger partial charge in [-0.05, 0) is 12.8 Å². The predicted octanol–water partition coefficient (Wildman–Crippen LogP) is 0.434. The first-order valence-electron chi connectivity index (χ1n) is 4.48. The molecule has 4 nitrogen and oxygen atoms in total. The minimum Gasteiger partial charge on any atom is -0.312 e. The Bertz CT molecular complexity index is 224. The molecule has 1 aliphatic carbocycles. The Kier molecular flexibility index (Phi) is 2.55. The van der Waals surface area contributed by atoms with Crippen molar-refractivity contribution in [3.05, 3.63) is 0 Å². The second-order valence-electron chi connectivity index (χ2n) is 3.33. The topological polar surface area (TPSA) is 49.4 Å². The fraction of sp³-hybridized carbons (Fsp3) is 0.750. The summed E-state index contributed by atoms with van der Waals surface area (Å²) in [6.07, 6.45) is 2.47. The average Bonchev–Trinajstić information content (AvgIpc) is 2.86. The Morgan fingerprint density at radius 2 is 2.23 bits per heavy atom. The van der Waals surface area contributed by atoms with Gasteiger partial charge < -0.3 is 5.32 Å². The van der Waals surface area contributed by atoms with Gasteiger partial charge >= 0.3 is 0 Å². The number of hydrogen-bond donors (Lipinski definition) is 1. The lowest BCUT2D eigenvalue weighted by molar-refractivity contribution is -0.124. The van der Waals surface area contributed by atoms with Crippen LogP contribution >= 0.6 is 11.8 Å². The molecule has 2 rings (SSSR count). The molecule has 1 N–H and O–H groups in total. The van der Waals surface area contributed by atoms with E-state index in [9.17, 15) is 9.59 Å². The van der Waals surface area contributed by atoms with E-state index >= 15 is 0 Å². The van der Waals surface area contributed by atoms with E-state index in [4.69, 9.17) is 0 Å². The molecule has 0 radical (unpaired) electrons. The number of amides is 2. The standard InChI is InChI=1S/C8H12N2O2S/c11-7-5-13-8(12)10(7)4-3-9-6-1-2-6/h6,9H,1-5H2. The zero-order valence-electron chi connectivity index (χ0n) is 7.28. The van der Waals surface area contributed by atoms with E-state index < -0.39 is 0 Å². The van der Waals surface area contributed by atoms with Gasteiger partial charge in [-0.25, -0.2) is 0 Å². The molecule has 0 aromatic heterocycles. The van der Waals surface area contributed by atoms with Crippen molar-refractivity contribution in [1.29, 1.82) is 0 Å². The van der Waals surface area contributed by atoms with Crippen LogP contribution in [0.15, 0.2) is 0 Å². The summed E-state index contributed by atoms with van der Waals surface area (Å²) in [5.74, 6) is 0.273. The van der Waals surface area contributed by atoms with Crippen LogP contribution in [0.25, 0.3) is 0 Å². The smallest absolute Gasteiger partial charge is 0.288 e. The molecule has 0 spiro atoms. The fourth-order valence-corrected chi connectivity index (χ4v) is 2.02. The van der Waals surface area contributed by atoms with Crippen LogP contribution in [-0.2, 0) is 4.79 Å². The lowest BCUT2D eigenvalue weighted by atomic mass is 10.5. The molecule has 13 heavy (non-hydrogen) atoms. The van der Waals surface area contributed by atoms with E-state index in [-0.39, 0.29) is 11.1 Å². The summed E-state index contributed by atoms with van der Waals surface area (Å²) in [4.78, 5) is 23.6. The van der Waals surface area contributed by atoms with Gasteiger partial charge in [-0.1, -0.05) is 11.8 Å². The zero-order valence-corrected chi connectivity index (χ0v) is 8.10. The molecule has 0 aromatic carbocycles. The summed E-state index contributed by atoms with van der Waals surface area (Å²) < 4.78 is 0. The van der Waals surface area contributed by atoms with E-state index in [0.717, 1.165) is 18.3 Å². The largest absolute Gasteiger partial charge is 0.312 e. The third kappa shape index (κ3) is 2.22. The quantitative estimate of drug-likeness (QED) is 0.715. The van der Waals surface area contributed by atoms with Gasteiger partial charge in [0.1, 0.15) is 0 Å². The van der Waals surface area contributed by atoms with Crippen molar-refractivity contribution in [3.8, 4) is 0 Å². The Morgan fingerprint density at radius 3 is 2.77 bits per heavy atom. The van der Waals surface area contributed by atoms with E-state index in [2.05, 4.69) is 5.32 Å². The summed E-state index contributed by atoms with van der Waals surface area (Å²) in [5, 5.41) is 3.17. The number of imide groups is 1. The van der Waals surface area contributed by atoms with Crippen LogP contribution in [0.1, 0.15) is 12.8 Å². The first-order chi connectivity index (χ1) is 6.27. The maximum absolute atomic E-state index is 11.1. The minimum absolute atomic E-state index is 0.0485. The number of carbonyl (C=O) groups is 2. The number of hydrogen-bond acceptors (Lipinski definition) is 4. The molecule has 0 unspecified atom stereocenters. The van der Waals surface area contributed by atoms with E-state index in [0.29, 0.717) is 18.3 Å². The number of nitrogens with zero attached hydrogens (tertiary/aromatic N) is 1. The molecule has 72 valence electrons. The Balaban J connectivity index is 1.72. The molecule has 1 saturated carbocycles. The molecule has 1 aliphatic heterocycles. The Morgan fingerprint density at radius 1 is 1.46 bits per heavy atom. The molecule has 0 atom stereocenters. The van der Waals surface area contributed by atoms with Crippen LogP contribution in [0.2, 0.25) is 0 Å². The van der Waals surface area contributed by atoms with Crippen molar-refractivity contribution in [2.45, 2.75) is 18.9 Å². The highest BCUT2D eigenvalue weighted by atomic mass is 32.2. The minimum atomic E-state index is -0.0948. The second-order valence-corrected chi connectivity index (χ2v) is 4.25. The SMILES string of the molecule is O=C1CSC(=O)N1CCNC1CC1. The second kappa shape index (κ2) is 3.67. The summed E-state index contributed by atoms with van der Waals surface area (Å²) in [6, 6.07) is 0.639. The number of thioether (sulfide) groups is 1. The first kappa shape index (κ1) is 9.02. The highest BCUT2D eigenvalue weighted by Gasteiger charge is 2.29. The number of carbonyl (C=O) groups excluding carboxylic acids is 2. The Hall–Kier alpha value is -0.550. The predicted molar refractivity (Wildman–Crippen MR) is 50.6 cm³/mol. The van der Waals surface area contributed by atoms with Crippen molar-refractivity contribution < 1.29 is 9.59 Å². The van der Waals surface area contributed by atoms with Crippen molar-refractivity contribution in [2.24, 2.45) is 0 Å². The zero-order chi connectivity index (χ0) is 9.26.